The molecule has 0 radical (unpaired) electrons. The lowest BCUT2D eigenvalue weighted by Crippen LogP contribution is -2.20. The van der Waals surface area contributed by atoms with E-state index in [1.165, 1.54) is 17.7 Å². The van der Waals surface area contributed by atoms with Crippen molar-refractivity contribution in [1.29, 1.82) is 0 Å². The number of anilines is 2. The van der Waals surface area contributed by atoms with Gasteiger partial charge >= 0.3 is 0 Å². The fraction of sp³-hybridized carbons (Fsp3) is 0.294. The molecule has 0 aliphatic carbocycles. The zero-order chi connectivity index (χ0) is 18.6. The van der Waals surface area contributed by atoms with Gasteiger partial charge in [0.25, 0.3) is 0 Å². The quantitative estimate of drug-likeness (QED) is 0.560. The van der Waals surface area contributed by atoms with Gasteiger partial charge < -0.3 is 16.4 Å². The van der Waals surface area contributed by atoms with Crippen LogP contribution in [0.4, 0.5) is 11.8 Å². The first-order valence-electron chi connectivity index (χ1n) is 8.32. The Morgan fingerprint density at radius 1 is 1.19 bits per heavy atom. The Bertz CT molecular complexity index is 916. The first kappa shape index (κ1) is 21.1. The minimum Gasteiger partial charge on any atom is -0.370 e. The third kappa shape index (κ3) is 5.90. The maximum atomic E-state index is 11.3. The van der Waals surface area contributed by atoms with Crippen molar-refractivity contribution >= 4 is 39.8 Å². The molecule has 2 aromatic rings. The molecule has 3 rings (SSSR count). The van der Waals surface area contributed by atoms with Gasteiger partial charge in [0.2, 0.25) is 16.0 Å². The maximum Gasteiger partial charge on any atom is 0.238 e. The van der Waals surface area contributed by atoms with Gasteiger partial charge in [0.1, 0.15) is 5.82 Å². The molecule has 2 heterocycles. The highest BCUT2D eigenvalue weighted by Crippen LogP contribution is 2.21. The predicted molar refractivity (Wildman–Crippen MR) is 109 cm³/mol. The van der Waals surface area contributed by atoms with Crippen molar-refractivity contribution in [3.63, 3.8) is 0 Å². The van der Waals surface area contributed by atoms with Crippen LogP contribution in [0.3, 0.4) is 0 Å². The number of nitrogens with zero attached hydrogens (tertiary/aromatic N) is 2. The lowest BCUT2D eigenvalue weighted by atomic mass is 10.1. The van der Waals surface area contributed by atoms with Crippen LogP contribution in [0.5, 0.6) is 0 Å². The van der Waals surface area contributed by atoms with Crippen molar-refractivity contribution in [3.8, 4) is 0 Å². The van der Waals surface area contributed by atoms with Gasteiger partial charge in [0, 0.05) is 19.2 Å². The van der Waals surface area contributed by atoms with Crippen molar-refractivity contribution < 1.29 is 8.42 Å². The molecule has 6 N–H and O–H groups in total. The Hall–Kier alpha value is -2.20. The first-order chi connectivity index (χ1) is 12.4. The second-order valence-electron chi connectivity index (χ2n) is 6.05. The fourth-order valence-corrected chi connectivity index (χ4v) is 3.27. The van der Waals surface area contributed by atoms with Crippen molar-refractivity contribution in [2.24, 2.45) is 5.14 Å². The summed E-state index contributed by atoms with van der Waals surface area (Å²) in [4.78, 5) is 8.65. The summed E-state index contributed by atoms with van der Waals surface area (Å²) in [5, 5.41) is 11.6. The van der Waals surface area contributed by atoms with E-state index in [1.54, 1.807) is 12.1 Å². The van der Waals surface area contributed by atoms with Crippen LogP contribution >= 0.6 is 12.4 Å². The molecule has 0 bridgehead atoms. The number of halogens is 1. The van der Waals surface area contributed by atoms with E-state index in [0.29, 0.717) is 18.8 Å². The van der Waals surface area contributed by atoms with Crippen LogP contribution in [-0.2, 0) is 16.4 Å². The summed E-state index contributed by atoms with van der Waals surface area (Å²) in [6, 6.07) is 8.42. The monoisotopic (exact) mass is 410 g/mol. The highest BCUT2D eigenvalue weighted by molar-refractivity contribution is 7.89. The molecule has 1 aliphatic rings. The zero-order valence-corrected chi connectivity index (χ0v) is 16.3. The molecule has 1 aromatic heterocycles. The topological polar surface area (TPSA) is 136 Å². The van der Waals surface area contributed by atoms with Gasteiger partial charge in [-0.05, 0) is 42.7 Å². The van der Waals surface area contributed by atoms with E-state index in [0.717, 1.165) is 30.8 Å². The van der Waals surface area contributed by atoms with Crippen molar-refractivity contribution in [3.05, 3.63) is 47.7 Å². The molecule has 0 atom stereocenters. The molecule has 0 saturated heterocycles. The van der Waals surface area contributed by atoms with Crippen LogP contribution in [0.15, 0.2) is 41.3 Å². The Balaban J connectivity index is 0.00000261. The van der Waals surface area contributed by atoms with E-state index in [-0.39, 0.29) is 23.3 Å². The second-order valence-corrected chi connectivity index (χ2v) is 7.61. The first-order valence-corrected chi connectivity index (χ1v) is 9.87. The molecule has 1 aromatic carbocycles. The van der Waals surface area contributed by atoms with Crippen LogP contribution < -0.4 is 21.5 Å². The highest BCUT2D eigenvalue weighted by atomic mass is 35.5. The third-order valence-electron chi connectivity index (χ3n) is 4.11. The summed E-state index contributed by atoms with van der Waals surface area (Å²) in [5.41, 5.74) is 8.84. The van der Waals surface area contributed by atoms with Crippen LogP contribution in [0.2, 0.25) is 0 Å². The number of nitrogen functional groups attached to an aromatic ring is 1. The highest BCUT2D eigenvalue weighted by Gasteiger charge is 2.10. The smallest absolute Gasteiger partial charge is 0.238 e. The van der Waals surface area contributed by atoms with Crippen molar-refractivity contribution in [2.75, 3.05) is 30.7 Å². The summed E-state index contributed by atoms with van der Waals surface area (Å²) < 4.78 is 22.5. The summed E-state index contributed by atoms with van der Waals surface area (Å²) in [6.45, 7) is 2.38. The molecule has 0 unspecified atom stereocenters. The number of hydrogen-bond donors (Lipinski definition) is 4. The molecule has 0 saturated carbocycles. The van der Waals surface area contributed by atoms with Gasteiger partial charge in [0.15, 0.2) is 0 Å². The van der Waals surface area contributed by atoms with E-state index in [9.17, 15) is 8.42 Å². The van der Waals surface area contributed by atoms with Crippen LogP contribution in [0.25, 0.3) is 5.57 Å². The summed E-state index contributed by atoms with van der Waals surface area (Å²) in [5.74, 6) is 0.912. The molecule has 1 aliphatic heterocycles. The van der Waals surface area contributed by atoms with Crippen molar-refractivity contribution in [2.45, 2.75) is 17.7 Å². The van der Waals surface area contributed by atoms with Gasteiger partial charge in [-0.3, -0.25) is 0 Å². The SMILES string of the molecule is Cl.Nc1nc(NCCc2ccc(S(N)(=O)=O)cc2)cc(C2=CCNCC2)n1. The van der Waals surface area contributed by atoms with Gasteiger partial charge in [-0.1, -0.05) is 18.2 Å². The van der Waals surface area contributed by atoms with E-state index in [4.69, 9.17) is 10.9 Å². The zero-order valence-electron chi connectivity index (χ0n) is 14.7. The molecule has 0 fully saturated rings. The van der Waals surface area contributed by atoms with E-state index >= 15 is 0 Å². The van der Waals surface area contributed by atoms with E-state index in [2.05, 4.69) is 26.7 Å². The molecule has 0 spiro atoms. The number of primary sulfonamides is 1. The van der Waals surface area contributed by atoms with Gasteiger partial charge in [-0.15, -0.1) is 12.4 Å². The molecule has 10 heteroatoms. The fourth-order valence-electron chi connectivity index (χ4n) is 2.76. The number of sulfonamides is 1. The van der Waals surface area contributed by atoms with Crippen molar-refractivity contribution in [1.82, 2.24) is 15.3 Å². The van der Waals surface area contributed by atoms with Gasteiger partial charge in [-0.2, -0.15) is 4.98 Å². The Morgan fingerprint density at radius 2 is 1.93 bits per heavy atom. The number of benzene rings is 1. The van der Waals surface area contributed by atoms with Crippen LogP contribution in [0, 0.1) is 0 Å². The van der Waals surface area contributed by atoms with Gasteiger partial charge in [-0.25, -0.2) is 18.5 Å². The average molecular weight is 411 g/mol. The Labute approximate surface area is 164 Å². The van der Waals surface area contributed by atoms with Crippen LogP contribution in [-0.4, -0.2) is 38.0 Å². The second kappa shape index (κ2) is 9.14. The molecule has 8 nitrogen and oxygen atoms in total. The average Bonchev–Trinajstić information content (AvgIpc) is 2.62. The number of hydrogen-bond acceptors (Lipinski definition) is 7. The van der Waals surface area contributed by atoms with E-state index in [1.807, 2.05) is 6.07 Å². The number of nitrogens with one attached hydrogen (secondary N) is 2. The summed E-state index contributed by atoms with van der Waals surface area (Å²) in [7, 11) is -3.66. The Morgan fingerprint density at radius 3 is 2.56 bits per heavy atom. The maximum absolute atomic E-state index is 11.3. The van der Waals surface area contributed by atoms with E-state index < -0.39 is 10.0 Å². The number of nitrogens with two attached hydrogens (primary N) is 2. The lowest BCUT2D eigenvalue weighted by molar-refractivity contribution is 0.598. The standard InChI is InChI=1S/C17H22N6O2S.ClH/c18-17-22-15(13-6-8-20-9-7-13)11-16(23-17)21-10-5-12-1-3-14(4-2-12)26(19,24)25;/h1-4,6,11,20H,5,7-10H2,(H2,19,24,25)(H3,18,21,22,23);1H. The molecule has 27 heavy (non-hydrogen) atoms. The minimum atomic E-state index is -3.66. The normalized spacial score (nSPS) is 14.2. The van der Waals surface area contributed by atoms with Gasteiger partial charge in [0.05, 0.1) is 10.6 Å². The number of aromatic nitrogens is 2. The molecule has 146 valence electrons. The van der Waals surface area contributed by atoms with Crippen LogP contribution in [0.1, 0.15) is 17.7 Å². The molecular formula is C17H23ClN6O2S. The predicted octanol–water partition coefficient (Wildman–Crippen LogP) is 1.16. The molecular weight excluding hydrogens is 388 g/mol. The summed E-state index contributed by atoms with van der Waals surface area (Å²) in [6.07, 6.45) is 3.73. The third-order valence-corrected chi connectivity index (χ3v) is 5.04. The minimum absolute atomic E-state index is 0. The lowest BCUT2D eigenvalue weighted by Gasteiger charge is -2.15. The molecule has 0 amide bonds. The Kier molecular flexibility index (Phi) is 7.14. The summed E-state index contributed by atoms with van der Waals surface area (Å²) >= 11 is 0. The number of rotatable bonds is 6. The largest absolute Gasteiger partial charge is 0.370 e.